The molecule has 0 spiro atoms. The lowest BCUT2D eigenvalue weighted by Gasteiger charge is -2.17. The smallest absolute Gasteiger partial charge is 0.212 e. The van der Waals surface area contributed by atoms with Crippen molar-refractivity contribution in [1.29, 1.82) is 0 Å². The number of methoxy groups -OCH3 is 2. The van der Waals surface area contributed by atoms with Gasteiger partial charge in [0.25, 0.3) is 0 Å². The van der Waals surface area contributed by atoms with Crippen molar-refractivity contribution in [2.75, 3.05) is 19.5 Å². The van der Waals surface area contributed by atoms with E-state index < -0.39 is 0 Å². The van der Waals surface area contributed by atoms with Crippen LogP contribution >= 0.6 is 0 Å². The summed E-state index contributed by atoms with van der Waals surface area (Å²) >= 11 is 0. The maximum atomic E-state index is 13.3. The third kappa shape index (κ3) is 3.87. The first-order chi connectivity index (χ1) is 14.6. The van der Waals surface area contributed by atoms with Crippen molar-refractivity contribution in [3.8, 4) is 22.8 Å². The minimum atomic E-state index is -0.279. The Bertz CT molecular complexity index is 1160. The number of nitrogens with one attached hydrogen (secondary N) is 1. The van der Waals surface area contributed by atoms with Crippen LogP contribution in [0.15, 0.2) is 61.1 Å². The summed E-state index contributed by atoms with van der Waals surface area (Å²) in [6, 6.07) is 13.9. The lowest BCUT2D eigenvalue weighted by molar-refractivity contribution is 0.397. The molecule has 0 aliphatic rings. The molecule has 7 heteroatoms. The molecule has 6 nitrogen and oxygen atoms in total. The zero-order valence-corrected chi connectivity index (χ0v) is 16.9. The number of fused-ring (bicyclic) bond motifs is 1. The number of pyridine rings is 1. The number of ether oxygens (including phenoxy) is 2. The Morgan fingerprint density at radius 2 is 1.70 bits per heavy atom. The average Bonchev–Trinajstić information content (AvgIpc) is 2.79. The average molecular weight is 404 g/mol. The molecule has 0 saturated carbocycles. The monoisotopic (exact) mass is 404 g/mol. The number of hydrogen-bond acceptors (Lipinski definition) is 6. The summed E-state index contributed by atoms with van der Waals surface area (Å²) in [6.07, 6.45) is 3.27. The molecule has 1 N–H and O–H groups in total. The molecular formula is C23H21FN4O2. The summed E-state index contributed by atoms with van der Waals surface area (Å²) in [7, 11) is 3.19. The van der Waals surface area contributed by atoms with Gasteiger partial charge in [-0.05, 0) is 47.9 Å². The van der Waals surface area contributed by atoms with Crippen LogP contribution in [-0.2, 0) is 0 Å². The van der Waals surface area contributed by atoms with Crippen molar-refractivity contribution in [2.24, 2.45) is 0 Å². The molecule has 0 saturated heterocycles. The van der Waals surface area contributed by atoms with Gasteiger partial charge < -0.3 is 14.8 Å². The van der Waals surface area contributed by atoms with Gasteiger partial charge in [-0.15, -0.1) is 0 Å². The Kier molecular flexibility index (Phi) is 5.43. The third-order valence-corrected chi connectivity index (χ3v) is 4.92. The molecule has 2 heterocycles. The summed E-state index contributed by atoms with van der Waals surface area (Å²) in [5, 5.41) is 4.24. The van der Waals surface area contributed by atoms with Gasteiger partial charge in [-0.25, -0.2) is 19.3 Å². The van der Waals surface area contributed by atoms with E-state index >= 15 is 0 Å². The molecule has 0 fully saturated rings. The van der Waals surface area contributed by atoms with Gasteiger partial charge in [-0.3, -0.25) is 0 Å². The minimum absolute atomic E-state index is 0.0537. The number of halogens is 1. The van der Waals surface area contributed by atoms with Crippen molar-refractivity contribution < 1.29 is 13.9 Å². The van der Waals surface area contributed by atoms with Crippen LogP contribution in [0.5, 0.6) is 11.6 Å². The Balaban J connectivity index is 1.75. The van der Waals surface area contributed by atoms with Gasteiger partial charge in [0, 0.05) is 17.6 Å². The lowest BCUT2D eigenvalue weighted by Crippen LogP contribution is -2.09. The summed E-state index contributed by atoms with van der Waals surface area (Å²) < 4.78 is 24.0. The SMILES string of the molecule is COc1ccc(C(C)Nc2ncnc3c(OC)cc(-c4ccc(F)cc4)cc23)cn1. The van der Waals surface area contributed by atoms with E-state index in [0.29, 0.717) is 23.0 Å². The summed E-state index contributed by atoms with van der Waals surface area (Å²) in [4.78, 5) is 13.1. The number of aromatic nitrogens is 3. The van der Waals surface area contributed by atoms with Gasteiger partial charge in [0.2, 0.25) is 5.88 Å². The van der Waals surface area contributed by atoms with Crippen LogP contribution in [0.1, 0.15) is 18.5 Å². The van der Waals surface area contributed by atoms with E-state index in [1.165, 1.54) is 18.5 Å². The van der Waals surface area contributed by atoms with E-state index in [-0.39, 0.29) is 11.9 Å². The zero-order valence-electron chi connectivity index (χ0n) is 16.9. The second-order valence-corrected chi connectivity index (χ2v) is 6.80. The fourth-order valence-corrected chi connectivity index (χ4v) is 3.27. The molecule has 0 bridgehead atoms. The summed E-state index contributed by atoms with van der Waals surface area (Å²) in [5.74, 6) is 1.58. The molecule has 2 aromatic heterocycles. The highest BCUT2D eigenvalue weighted by Gasteiger charge is 2.14. The topological polar surface area (TPSA) is 69.2 Å². The van der Waals surface area contributed by atoms with Gasteiger partial charge in [-0.1, -0.05) is 18.2 Å². The maximum Gasteiger partial charge on any atom is 0.212 e. The number of benzene rings is 2. The zero-order chi connectivity index (χ0) is 21.1. The molecule has 0 radical (unpaired) electrons. The number of hydrogen-bond donors (Lipinski definition) is 1. The Labute approximate surface area is 173 Å². The van der Waals surface area contributed by atoms with Crippen LogP contribution in [0, 0.1) is 5.82 Å². The third-order valence-electron chi connectivity index (χ3n) is 4.92. The van der Waals surface area contributed by atoms with Crippen LogP contribution in [0.3, 0.4) is 0 Å². The molecule has 1 unspecified atom stereocenters. The molecule has 0 amide bonds. The molecule has 4 aromatic rings. The first-order valence-electron chi connectivity index (χ1n) is 9.44. The van der Waals surface area contributed by atoms with Crippen molar-refractivity contribution in [2.45, 2.75) is 13.0 Å². The van der Waals surface area contributed by atoms with Crippen LogP contribution in [0.4, 0.5) is 10.2 Å². The van der Waals surface area contributed by atoms with E-state index in [0.717, 1.165) is 22.1 Å². The van der Waals surface area contributed by atoms with Crippen LogP contribution in [-0.4, -0.2) is 29.2 Å². The van der Waals surface area contributed by atoms with Gasteiger partial charge in [0.15, 0.2) is 0 Å². The first kappa shape index (κ1) is 19.6. The van der Waals surface area contributed by atoms with E-state index in [2.05, 4.69) is 20.3 Å². The molecule has 30 heavy (non-hydrogen) atoms. The highest BCUT2D eigenvalue weighted by molar-refractivity contribution is 5.96. The molecule has 0 aliphatic carbocycles. The second kappa shape index (κ2) is 8.32. The minimum Gasteiger partial charge on any atom is -0.494 e. The van der Waals surface area contributed by atoms with E-state index in [1.807, 2.05) is 31.2 Å². The molecule has 4 rings (SSSR count). The van der Waals surface area contributed by atoms with E-state index in [9.17, 15) is 4.39 Å². The molecule has 152 valence electrons. The maximum absolute atomic E-state index is 13.3. The number of rotatable bonds is 6. The van der Waals surface area contributed by atoms with Crippen molar-refractivity contribution >= 4 is 16.7 Å². The lowest BCUT2D eigenvalue weighted by atomic mass is 10.0. The predicted octanol–water partition coefficient (Wildman–Crippen LogP) is 5.02. The fraction of sp³-hybridized carbons (Fsp3) is 0.174. The van der Waals surface area contributed by atoms with Crippen molar-refractivity contribution in [3.05, 3.63) is 72.4 Å². The van der Waals surface area contributed by atoms with Crippen LogP contribution in [0.2, 0.25) is 0 Å². The van der Waals surface area contributed by atoms with Crippen LogP contribution < -0.4 is 14.8 Å². The summed E-state index contributed by atoms with van der Waals surface area (Å²) in [6.45, 7) is 2.03. The quantitative estimate of drug-likeness (QED) is 0.487. The Morgan fingerprint density at radius 1 is 0.900 bits per heavy atom. The second-order valence-electron chi connectivity index (χ2n) is 6.80. The Hall–Kier alpha value is -3.74. The van der Waals surface area contributed by atoms with E-state index in [1.54, 1.807) is 32.5 Å². The predicted molar refractivity (Wildman–Crippen MR) is 114 cm³/mol. The van der Waals surface area contributed by atoms with E-state index in [4.69, 9.17) is 9.47 Å². The molecule has 2 aromatic carbocycles. The molecular weight excluding hydrogens is 383 g/mol. The Morgan fingerprint density at radius 3 is 2.37 bits per heavy atom. The van der Waals surface area contributed by atoms with Gasteiger partial charge in [0.1, 0.15) is 29.2 Å². The van der Waals surface area contributed by atoms with Crippen LogP contribution in [0.25, 0.3) is 22.0 Å². The number of anilines is 1. The largest absolute Gasteiger partial charge is 0.494 e. The molecule has 1 atom stereocenters. The highest BCUT2D eigenvalue weighted by atomic mass is 19.1. The van der Waals surface area contributed by atoms with Gasteiger partial charge in [0.05, 0.1) is 20.3 Å². The van der Waals surface area contributed by atoms with Gasteiger partial charge >= 0.3 is 0 Å². The normalized spacial score (nSPS) is 11.9. The standard InChI is InChI=1S/C23H21FN4O2/c1-14(16-6-9-21(30-3)25-12-16)28-23-19-10-17(15-4-7-18(24)8-5-15)11-20(29-2)22(19)26-13-27-23/h4-14H,1-3H3,(H,26,27,28). The molecule has 0 aliphatic heterocycles. The van der Waals surface area contributed by atoms with Crippen molar-refractivity contribution in [3.63, 3.8) is 0 Å². The number of nitrogens with zero attached hydrogens (tertiary/aromatic N) is 3. The van der Waals surface area contributed by atoms with Crippen molar-refractivity contribution in [1.82, 2.24) is 15.0 Å². The fourth-order valence-electron chi connectivity index (χ4n) is 3.27. The summed E-state index contributed by atoms with van der Waals surface area (Å²) in [5.41, 5.74) is 3.44. The highest BCUT2D eigenvalue weighted by Crippen LogP contribution is 2.35. The van der Waals surface area contributed by atoms with Gasteiger partial charge in [-0.2, -0.15) is 0 Å². The first-order valence-corrected chi connectivity index (χ1v) is 9.44.